The zero-order valence-electron chi connectivity index (χ0n) is 7.61. The number of nitrogen functional groups attached to an aromatic ring is 1. The summed E-state index contributed by atoms with van der Waals surface area (Å²) in [6, 6.07) is 6.21. The Hall–Kier alpha value is -1.68. The summed E-state index contributed by atoms with van der Waals surface area (Å²) < 4.78 is 13.4. The van der Waals surface area contributed by atoms with Crippen LogP contribution in [0.3, 0.4) is 0 Å². The second-order valence-electron chi connectivity index (χ2n) is 2.92. The van der Waals surface area contributed by atoms with E-state index < -0.39 is 5.82 Å². The number of hydrogen-bond donors (Lipinski definition) is 1. The van der Waals surface area contributed by atoms with Crippen LogP contribution in [0.5, 0.6) is 0 Å². The molecule has 1 heterocycles. The van der Waals surface area contributed by atoms with Gasteiger partial charge in [0.05, 0.1) is 17.4 Å². The van der Waals surface area contributed by atoms with Gasteiger partial charge in [-0.25, -0.2) is 14.4 Å². The Balaban J connectivity index is 2.55. The van der Waals surface area contributed by atoms with E-state index >= 15 is 0 Å². The van der Waals surface area contributed by atoms with Gasteiger partial charge in [-0.3, -0.25) is 0 Å². The number of rotatable bonds is 1. The smallest absolute Gasteiger partial charge is 0.163 e. The van der Waals surface area contributed by atoms with Crippen LogP contribution in [-0.2, 0) is 0 Å². The summed E-state index contributed by atoms with van der Waals surface area (Å²) in [6.07, 6.45) is 1.36. The van der Waals surface area contributed by atoms with E-state index in [-0.39, 0.29) is 16.7 Å². The van der Waals surface area contributed by atoms with Crippen molar-refractivity contribution >= 4 is 17.3 Å². The predicted octanol–water partition coefficient (Wildman–Crippen LogP) is 2.52. The quantitative estimate of drug-likeness (QED) is 0.756. The molecule has 3 nitrogen and oxygen atoms in total. The van der Waals surface area contributed by atoms with Crippen molar-refractivity contribution in [2.45, 2.75) is 0 Å². The molecule has 0 radical (unpaired) electrons. The SMILES string of the molecule is Nc1cnc(-c2ccccc2F)nc1Cl. The van der Waals surface area contributed by atoms with Crippen molar-refractivity contribution in [3.63, 3.8) is 0 Å². The molecule has 0 atom stereocenters. The maximum atomic E-state index is 13.4. The van der Waals surface area contributed by atoms with Crippen molar-refractivity contribution in [1.82, 2.24) is 9.97 Å². The second-order valence-corrected chi connectivity index (χ2v) is 3.28. The molecule has 15 heavy (non-hydrogen) atoms. The van der Waals surface area contributed by atoms with Crippen LogP contribution in [0.25, 0.3) is 11.4 Å². The van der Waals surface area contributed by atoms with Gasteiger partial charge in [0.25, 0.3) is 0 Å². The Labute approximate surface area is 90.7 Å². The van der Waals surface area contributed by atoms with Crippen LogP contribution in [0, 0.1) is 5.82 Å². The standard InChI is InChI=1S/C10H7ClFN3/c11-9-8(13)5-14-10(15-9)6-3-1-2-4-7(6)12/h1-5H,13H2. The van der Waals surface area contributed by atoms with Gasteiger partial charge < -0.3 is 5.73 Å². The van der Waals surface area contributed by atoms with Crippen molar-refractivity contribution in [2.75, 3.05) is 5.73 Å². The van der Waals surface area contributed by atoms with E-state index in [0.717, 1.165) is 0 Å². The molecule has 0 aliphatic heterocycles. The van der Waals surface area contributed by atoms with Gasteiger partial charge in [-0.1, -0.05) is 23.7 Å². The van der Waals surface area contributed by atoms with Crippen LogP contribution in [0.1, 0.15) is 0 Å². The molecule has 0 aliphatic rings. The monoisotopic (exact) mass is 223 g/mol. The molecule has 2 rings (SSSR count). The topological polar surface area (TPSA) is 51.8 Å². The molecule has 0 saturated carbocycles. The molecule has 1 aromatic carbocycles. The molecule has 2 N–H and O–H groups in total. The third-order valence-electron chi connectivity index (χ3n) is 1.88. The molecule has 0 amide bonds. The Morgan fingerprint density at radius 1 is 1.27 bits per heavy atom. The molecule has 0 bridgehead atoms. The molecule has 2 aromatic rings. The fourth-order valence-electron chi connectivity index (χ4n) is 1.14. The first-order valence-corrected chi connectivity index (χ1v) is 4.59. The van der Waals surface area contributed by atoms with Crippen LogP contribution in [0.2, 0.25) is 5.15 Å². The highest BCUT2D eigenvalue weighted by Gasteiger charge is 2.08. The highest BCUT2D eigenvalue weighted by atomic mass is 35.5. The van der Waals surface area contributed by atoms with Crippen LogP contribution >= 0.6 is 11.6 Å². The number of nitrogens with zero attached hydrogens (tertiary/aromatic N) is 2. The minimum absolute atomic E-state index is 0.128. The third-order valence-corrected chi connectivity index (χ3v) is 2.19. The van der Waals surface area contributed by atoms with Gasteiger partial charge in [-0.05, 0) is 12.1 Å². The number of benzene rings is 1. The van der Waals surface area contributed by atoms with Crippen molar-refractivity contribution in [2.24, 2.45) is 0 Å². The van der Waals surface area contributed by atoms with E-state index in [4.69, 9.17) is 17.3 Å². The van der Waals surface area contributed by atoms with E-state index in [1.165, 1.54) is 12.3 Å². The van der Waals surface area contributed by atoms with Crippen molar-refractivity contribution < 1.29 is 4.39 Å². The maximum Gasteiger partial charge on any atom is 0.163 e. The summed E-state index contributed by atoms with van der Waals surface area (Å²) in [4.78, 5) is 7.80. The molecule has 0 aliphatic carbocycles. The van der Waals surface area contributed by atoms with E-state index in [0.29, 0.717) is 5.56 Å². The van der Waals surface area contributed by atoms with Gasteiger partial charge in [0.1, 0.15) is 5.82 Å². The number of hydrogen-bond acceptors (Lipinski definition) is 3. The fourth-order valence-corrected chi connectivity index (χ4v) is 1.27. The van der Waals surface area contributed by atoms with E-state index in [1.54, 1.807) is 18.2 Å². The largest absolute Gasteiger partial charge is 0.395 e. The van der Waals surface area contributed by atoms with Crippen LogP contribution < -0.4 is 5.73 Å². The summed E-state index contributed by atoms with van der Waals surface area (Å²) in [5, 5.41) is 0.128. The Morgan fingerprint density at radius 3 is 2.67 bits per heavy atom. The fraction of sp³-hybridized carbons (Fsp3) is 0. The summed E-state index contributed by atoms with van der Waals surface area (Å²) >= 11 is 5.72. The normalized spacial score (nSPS) is 10.3. The summed E-state index contributed by atoms with van der Waals surface area (Å²) in [6.45, 7) is 0. The van der Waals surface area contributed by atoms with Crippen LogP contribution in [0.15, 0.2) is 30.5 Å². The van der Waals surface area contributed by atoms with Gasteiger partial charge in [-0.2, -0.15) is 0 Å². The molecule has 1 aromatic heterocycles. The lowest BCUT2D eigenvalue weighted by Crippen LogP contribution is -1.96. The minimum Gasteiger partial charge on any atom is -0.395 e. The first-order chi connectivity index (χ1) is 7.18. The molecule has 0 unspecified atom stereocenters. The number of nitrogens with two attached hydrogens (primary N) is 1. The second kappa shape index (κ2) is 3.82. The maximum absolute atomic E-state index is 13.4. The van der Waals surface area contributed by atoms with Crippen LogP contribution in [0.4, 0.5) is 10.1 Å². The highest BCUT2D eigenvalue weighted by molar-refractivity contribution is 6.31. The molecular formula is C10H7ClFN3. The summed E-state index contributed by atoms with van der Waals surface area (Å²) in [5.74, 6) is -0.161. The lowest BCUT2D eigenvalue weighted by atomic mass is 10.2. The van der Waals surface area contributed by atoms with E-state index in [9.17, 15) is 4.39 Å². The van der Waals surface area contributed by atoms with Crippen molar-refractivity contribution in [3.8, 4) is 11.4 Å². The minimum atomic E-state index is -0.390. The molecule has 5 heteroatoms. The number of aromatic nitrogens is 2. The number of halogens is 2. The lowest BCUT2D eigenvalue weighted by molar-refractivity contribution is 0.630. The summed E-state index contributed by atoms with van der Waals surface area (Å²) in [7, 11) is 0. The van der Waals surface area contributed by atoms with Gasteiger partial charge in [0.2, 0.25) is 0 Å². The van der Waals surface area contributed by atoms with Crippen molar-refractivity contribution in [3.05, 3.63) is 41.4 Å². The average Bonchev–Trinajstić information content (AvgIpc) is 2.23. The predicted molar refractivity (Wildman–Crippen MR) is 56.8 cm³/mol. The molecule has 76 valence electrons. The third kappa shape index (κ3) is 1.89. The first-order valence-electron chi connectivity index (χ1n) is 4.21. The highest BCUT2D eigenvalue weighted by Crippen LogP contribution is 2.22. The van der Waals surface area contributed by atoms with Crippen molar-refractivity contribution in [1.29, 1.82) is 0 Å². The van der Waals surface area contributed by atoms with Gasteiger partial charge in [-0.15, -0.1) is 0 Å². The molecule has 0 saturated heterocycles. The Morgan fingerprint density at radius 2 is 2.00 bits per heavy atom. The molecule has 0 spiro atoms. The molecular weight excluding hydrogens is 217 g/mol. The zero-order chi connectivity index (χ0) is 10.8. The zero-order valence-corrected chi connectivity index (χ0v) is 8.37. The molecule has 0 fully saturated rings. The average molecular weight is 224 g/mol. The Kier molecular flexibility index (Phi) is 2.51. The number of anilines is 1. The summed E-state index contributed by atoms with van der Waals surface area (Å²) in [5.41, 5.74) is 6.03. The van der Waals surface area contributed by atoms with Crippen LogP contribution in [-0.4, -0.2) is 9.97 Å². The lowest BCUT2D eigenvalue weighted by Gasteiger charge is -2.02. The van der Waals surface area contributed by atoms with E-state index in [1.807, 2.05) is 0 Å². The van der Waals surface area contributed by atoms with Gasteiger partial charge in [0, 0.05) is 0 Å². The van der Waals surface area contributed by atoms with Gasteiger partial charge >= 0.3 is 0 Å². The van der Waals surface area contributed by atoms with E-state index in [2.05, 4.69) is 9.97 Å². The first kappa shape index (κ1) is 9.86. The Bertz CT molecular complexity index is 502. The van der Waals surface area contributed by atoms with Gasteiger partial charge in [0.15, 0.2) is 11.0 Å².